The van der Waals surface area contributed by atoms with Crippen LogP contribution in [-0.2, 0) is 14.8 Å². The average Bonchev–Trinajstić information content (AvgIpc) is 2.63. The highest BCUT2D eigenvalue weighted by molar-refractivity contribution is 7.90. The molecule has 3 rings (SSSR count). The molecule has 2 aliphatic heterocycles. The van der Waals surface area contributed by atoms with E-state index in [0.717, 1.165) is 18.7 Å². The minimum absolute atomic E-state index is 0.252. The van der Waals surface area contributed by atoms with Crippen molar-refractivity contribution in [1.82, 2.24) is 9.80 Å². The minimum Gasteiger partial charge on any atom is -0.378 e. The summed E-state index contributed by atoms with van der Waals surface area (Å²) in [4.78, 5) is 4.62. The first-order chi connectivity index (χ1) is 12.0. The van der Waals surface area contributed by atoms with Gasteiger partial charge < -0.3 is 9.64 Å². The van der Waals surface area contributed by atoms with E-state index in [4.69, 9.17) is 4.74 Å². The van der Waals surface area contributed by atoms with Gasteiger partial charge in [0.15, 0.2) is 0 Å². The Bertz CT molecular complexity index is 689. The van der Waals surface area contributed by atoms with Crippen LogP contribution >= 0.6 is 0 Å². The Kier molecular flexibility index (Phi) is 6.09. The van der Waals surface area contributed by atoms with Crippen molar-refractivity contribution >= 4 is 15.9 Å². The minimum atomic E-state index is -3.70. The van der Waals surface area contributed by atoms with Crippen molar-refractivity contribution < 1.29 is 13.2 Å². The zero-order valence-electron chi connectivity index (χ0n) is 14.9. The molecule has 0 aliphatic carbocycles. The predicted octanol–water partition coefficient (Wildman–Crippen LogP) is 1.90. The number of amidine groups is 1. The topological polar surface area (TPSA) is 62.2 Å². The fraction of sp³-hybridized carbons (Fsp3) is 0.611. The van der Waals surface area contributed by atoms with E-state index in [0.29, 0.717) is 38.7 Å². The summed E-state index contributed by atoms with van der Waals surface area (Å²) in [6, 6.07) is 6.88. The van der Waals surface area contributed by atoms with Crippen molar-refractivity contribution in [2.45, 2.75) is 31.1 Å². The molecule has 0 spiro atoms. The summed E-state index contributed by atoms with van der Waals surface area (Å²) in [7, 11) is -3.70. The molecular formula is C18H27N3O3S. The van der Waals surface area contributed by atoms with E-state index in [1.54, 1.807) is 24.3 Å². The molecule has 0 atom stereocenters. The molecule has 0 radical (unpaired) electrons. The van der Waals surface area contributed by atoms with Gasteiger partial charge in [-0.25, -0.2) is 0 Å². The highest BCUT2D eigenvalue weighted by Gasteiger charge is 2.23. The number of ether oxygens (including phenoxy) is 1. The summed E-state index contributed by atoms with van der Waals surface area (Å²) in [6.07, 6.45) is 3.59. The van der Waals surface area contributed by atoms with Crippen molar-refractivity contribution in [2.75, 3.05) is 45.9 Å². The van der Waals surface area contributed by atoms with E-state index in [1.807, 2.05) is 6.92 Å². The normalized spacial score (nSPS) is 20.7. The highest BCUT2D eigenvalue weighted by atomic mass is 32.2. The van der Waals surface area contributed by atoms with E-state index in [1.165, 1.54) is 19.3 Å². The van der Waals surface area contributed by atoms with Gasteiger partial charge >= 0.3 is 0 Å². The first kappa shape index (κ1) is 18.4. The first-order valence-electron chi connectivity index (χ1n) is 9.00. The van der Waals surface area contributed by atoms with Gasteiger partial charge in [0, 0.05) is 13.1 Å². The van der Waals surface area contributed by atoms with Crippen LogP contribution in [0.4, 0.5) is 0 Å². The van der Waals surface area contributed by atoms with Crippen LogP contribution < -0.4 is 0 Å². The Labute approximate surface area is 150 Å². The monoisotopic (exact) mass is 365 g/mol. The van der Waals surface area contributed by atoms with Crippen LogP contribution in [0, 0.1) is 6.92 Å². The lowest BCUT2D eigenvalue weighted by molar-refractivity contribution is 0.0661. The SMILES string of the molecule is Cc1ccc(S(=O)(=O)/N=C(\CN2CCCCC2)N2CCOCC2)cc1. The maximum absolute atomic E-state index is 12.8. The molecule has 25 heavy (non-hydrogen) atoms. The molecule has 2 heterocycles. The number of piperidine rings is 1. The summed E-state index contributed by atoms with van der Waals surface area (Å²) in [6.45, 7) is 7.15. The third kappa shape index (κ3) is 5.03. The van der Waals surface area contributed by atoms with Crippen molar-refractivity contribution in [1.29, 1.82) is 0 Å². The van der Waals surface area contributed by atoms with Crippen LogP contribution in [0.15, 0.2) is 33.6 Å². The van der Waals surface area contributed by atoms with Gasteiger partial charge in [0.1, 0.15) is 5.84 Å². The number of benzene rings is 1. The summed E-state index contributed by atoms with van der Waals surface area (Å²) >= 11 is 0. The molecule has 1 aromatic carbocycles. The van der Waals surface area contributed by atoms with Crippen LogP contribution in [0.3, 0.4) is 0 Å². The van der Waals surface area contributed by atoms with Crippen LogP contribution in [0.1, 0.15) is 24.8 Å². The second-order valence-electron chi connectivity index (χ2n) is 6.73. The zero-order valence-corrected chi connectivity index (χ0v) is 15.7. The summed E-state index contributed by atoms with van der Waals surface area (Å²) < 4.78 is 35.2. The Hall–Kier alpha value is -1.44. The molecule has 2 fully saturated rings. The molecule has 0 amide bonds. The van der Waals surface area contributed by atoms with Crippen LogP contribution in [0.5, 0.6) is 0 Å². The van der Waals surface area contributed by atoms with Gasteiger partial charge in [-0.15, -0.1) is 4.40 Å². The number of likely N-dealkylation sites (tertiary alicyclic amines) is 1. The predicted molar refractivity (Wildman–Crippen MR) is 98.5 cm³/mol. The lowest BCUT2D eigenvalue weighted by atomic mass is 10.1. The number of hydrogen-bond donors (Lipinski definition) is 0. The Balaban J connectivity index is 1.85. The fourth-order valence-electron chi connectivity index (χ4n) is 3.23. The van der Waals surface area contributed by atoms with Crippen molar-refractivity contribution in [3.05, 3.63) is 29.8 Å². The maximum Gasteiger partial charge on any atom is 0.283 e. The van der Waals surface area contributed by atoms with Crippen molar-refractivity contribution in [2.24, 2.45) is 4.40 Å². The van der Waals surface area contributed by atoms with Crippen molar-refractivity contribution in [3.63, 3.8) is 0 Å². The number of hydrogen-bond acceptors (Lipinski definition) is 4. The Morgan fingerprint density at radius 1 is 1.04 bits per heavy atom. The van der Waals surface area contributed by atoms with Gasteiger partial charge in [0.2, 0.25) is 0 Å². The van der Waals surface area contributed by atoms with E-state index in [9.17, 15) is 8.42 Å². The van der Waals surface area contributed by atoms with E-state index in [-0.39, 0.29) is 4.90 Å². The standard InChI is InChI=1S/C18H27N3O3S/c1-16-5-7-17(8-6-16)25(22,23)19-18(21-11-13-24-14-12-21)15-20-9-3-2-4-10-20/h5-8H,2-4,9-15H2,1H3/b19-18+. The summed E-state index contributed by atoms with van der Waals surface area (Å²) in [5, 5.41) is 0. The van der Waals surface area contributed by atoms with Gasteiger partial charge in [-0.3, -0.25) is 4.90 Å². The van der Waals surface area contributed by atoms with E-state index >= 15 is 0 Å². The Morgan fingerprint density at radius 2 is 1.68 bits per heavy atom. The molecular weight excluding hydrogens is 338 g/mol. The van der Waals surface area contributed by atoms with Gasteiger partial charge in [-0.1, -0.05) is 24.1 Å². The highest BCUT2D eigenvalue weighted by Crippen LogP contribution is 2.16. The molecule has 7 heteroatoms. The molecule has 0 aromatic heterocycles. The van der Waals surface area contributed by atoms with E-state index in [2.05, 4.69) is 14.2 Å². The van der Waals surface area contributed by atoms with Crippen LogP contribution in [0.2, 0.25) is 0 Å². The number of rotatable bonds is 4. The summed E-state index contributed by atoms with van der Waals surface area (Å²) in [5.74, 6) is 0.644. The molecule has 6 nitrogen and oxygen atoms in total. The quantitative estimate of drug-likeness (QED) is 0.602. The lowest BCUT2D eigenvalue weighted by Gasteiger charge is -2.34. The smallest absolute Gasteiger partial charge is 0.283 e. The van der Waals surface area contributed by atoms with Gasteiger partial charge in [0.05, 0.1) is 24.7 Å². The van der Waals surface area contributed by atoms with Gasteiger partial charge in [0.25, 0.3) is 10.0 Å². The molecule has 2 saturated heterocycles. The number of morpholine rings is 1. The molecule has 0 unspecified atom stereocenters. The molecule has 0 bridgehead atoms. The summed E-state index contributed by atoms with van der Waals surface area (Å²) in [5.41, 5.74) is 1.03. The van der Waals surface area contributed by atoms with Crippen molar-refractivity contribution in [3.8, 4) is 0 Å². The molecule has 0 N–H and O–H groups in total. The zero-order chi connectivity index (χ0) is 17.7. The Morgan fingerprint density at radius 3 is 2.32 bits per heavy atom. The second kappa shape index (κ2) is 8.29. The largest absolute Gasteiger partial charge is 0.378 e. The first-order valence-corrected chi connectivity index (χ1v) is 10.4. The van der Waals surface area contributed by atoms with Crippen LogP contribution in [0.25, 0.3) is 0 Å². The average molecular weight is 365 g/mol. The number of nitrogens with zero attached hydrogens (tertiary/aromatic N) is 3. The third-order valence-electron chi connectivity index (χ3n) is 4.73. The lowest BCUT2D eigenvalue weighted by Crippen LogP contribution is -2.47. The molecule has 1 aromatic rings. The van der Waals surface area contributed by atoms with Crippen LogP contribution in [-0.4, -0.2) is 70.0 Å². The third-order valence-corrected chi connectivity index (χ3v) is 6.05. The van der Waals surface area contributed by atoms with Gasteiger partial charge in [-0.2, -0.15) is 8.42 Å². The molecule has 2 aliphatic rings. The fourth-order valence-corrected chi connectivity index (χ4v) is 4.26. The maximum atomic E-state index is 12.8. The van der Waals surface area contributed by atoms with Gasteiger partial charge in [-0.05, 0) is 45.0 Å². The van der Waals surface area contributed by atoms with E-state index < -0.39 is 10.0 Å². The second-order valence-corrected chi connectivity index (χ2v) is 8.34. The number of aryl methyl sites for hydroxylation is 1. The number of sulfonamides is 1. The molecule has 0 saturated carbocycles. The molecule has 138 valence electrons.